The van der Waals surface area contributed by atoms with Gasteiger partial charge >= 0.3 is 0 Å². The second-order valence-corrected chi connectivity index (χ2v) is 11.5. The number of aliphatic hydroxyl groups is 3. The molecule has 5 rings (SSSR count). The molecule has 44 heavy (non-hydrogen) atoms. The molecule has 2 amide bonds. The van der Waals surface area contributed by atoms with Crippen molar-refractivity contribution in [3.8, 4) is 23.0 Å². The Labute approximate surface area is 257 Å². The maximum Gasteiger partial charge on any atom is 0.247 e. The van der Waals surface area contributed by atoms with Crippen molar-refractivity contribution in [3.05, 3.63) is 58.7 Å². The van der Waals surface area contributed by atoms with Crippen molar-refractivity contribution in [1.82, 2.24) is 10.2 Å². The summed E-state index contributed by atoms with van der Waals surface area (Å²) in [6.45, 7) is -0.206. The van der Waals surface area contributed by atoms with E-state index in [-0.39, 0.29) is 38.1 Å². The van der Waals surface area contributed by atoms with Crippen LogP contribution in [0, 0.1) is 5.92 Å². The van der Waals surface area contributed by atoms with E-state index in [2.05, 4.69) is 5.32 Å². The zero-order valence-corrected chi connectivity index (χ0v) is 25.5. The molecule has 4 N–H and O–H groups in total. The van der Waals surface area contributed by atoms with Gasteiger partial charge in [0.2, 0.25) is 11.8 Å². The van der Waals surface area contributed by atoms with Gasteiger partial charge in [0.1, 0.15) is 23.7 Å². The lowest BCUT2D eigenvalue weighted by molar-refractivity contribution is -0.141. The number of carbonyl (C=O) groups is 2. The first-order chi connectivity index (χ1) is 21.3. The van der Waals surface area contributed by atoms with Crippen LogP contribution in [0.2, 0.25) is 0 Å². The molecule has 1 saturated carbocycles. The molecule has 3 aliphatic rings. The molecule has 11 nitrogen and oxygen atoms in total. The van der Waals surface area contributed by atoms with Gasteiger partial charge in [-0.25, -0.2) is 0 Å². The summed E-state index contributed by atoms with van der Waals surface area (Å²) in [5, 5.41) is 34.0. The zero-order chi connectivity index (χ0) is 31.4. The summed E-state index contributed by atoms with van der Waals surface area (Å²) in [5.41, 5.74) is 2.34. The molecule has 0 bridgehead atoms. The molecule has 0 radical (unpaired) electrons. The number of fused-ring (bicyclic) bond motifs is 3. The van der Waals surface area contributed by atoms with E-state index in [4.69, 9.17) is 18.9 Å². The van der Waals surface area contributed by atoms with Crippen LogP contribution >= 0.6 is 0 Å². The molecule has 4 atom stereocenters. The first-order valence-electron chi connectivity index (χ1n) is 15.1. The number of rotatable bonds is 12. The first kappa shape index (κ1) is 31.6. The third-order valence-electron chi connectivity index (χ3n) is 8.95. The fourth-order valence-corrected chi connectivity index (χ4v) is 6.75. The Kier molecular flexibility index (Phi) is 9.97. The number of ether oxygens (including phenoxy) is 4. The second kappa shape index (κ2) is 13.9. The average molecular weight is 611 g/mol. The van der Waals surface area contributed by atoms with E-state index in [1.54, 1.807) is 43.4 Å². The van der Waals surface area contributed by atoms with Gasteiger partial charge in [-0.05, 0) is 66.8 Å². The molecule has 11 heteroatoms. The number of methoxy groups -OCH3 is 3. The monoisotopic (exact) mass is 610 g/mol. The Bertz CT molecular complexity index is 1390. The summed E-state index contributed by atoms with van der Waals surface area (Å²) in [6.07, 6.45) is 3.47. The lowest BCUT2D eigenvalue weighted by Gasteiger charge is -2.41. The van der Waals surface area contributed by atoms with Gasteiger partial charge in [0, 0.05) is 30.1 Å². The molecule has 1 aliphatic heterocycles. The summed E-state index contributed by atoms with van der Waals surface area (Å²) >= 11 is 0. The maximum absolute atomic E-state index is 14.1. The van der Waals surface area contributed by atoms with E-state index in [1.165, 1.54) is 7.11 Å². The first-order valence-corrected chi connectivity index (χ1v) is 15.1. The third kappa shape index (κ3) is 6.09. The number of amides is 2. The summed E-state index contributed by atoms with van der Waals surface area (Å²) in [6, 6.07) is 8.04. The fraction of sp³-hybridized carbons (Fsp3) is 0.515. The van der Waals surface area contributed by atoms with Gasteiger partial charge in [0.05, 0.1) is 46.5 Å². The van der Waals surface area contributed by atoms with Crippen LogP contribution in [0.15, 0.2) is 42.0 Å². The lowest BCUT2D eigenvalue weighted by atomic mass is 9.77. The number of nitrogens with one attached hydrogen (secondary N) is 1. The van der Waals surface area contributed by atoms with Crippen LogP contribution in [-0.4, -0.2) is 91.3 Å². The molecule has 1 heterocycles. The number of benzene rings is 2. The molecule has 0 spiro atoms. The Morgan fingerprint density at radius 2 is 1.77 bits per heavy atom. The Morgan fingerprint density at radius 3 is 2.43 bits per heavy atom. The summed E-state index contributed by atoms with van der Waals surface area (Å²) in [4.78, 5) is 29.4. The van der Waals surface area contributed by atoms with Gasteiger partial charge in [-0.3, -0.25) is 9.59 Å². The molecular weight excluding hydrogens is 568 g/mol. The predicted octanol–water partition coefficient (Wildman–Crippen LogP) is 2.09. The minimum atomic E-state index is -1.18. The number of hydrogen-bond acceptors (Lipinski definition) is 9. The molecule has 2 aliphatic carbocycles. The predicted molar refractivity (Wildman–Crippen MR) is 161 cm³/mol. The minimum absolute atomic E-state index is 0.0366. The Balaban J connectivity index is 1.56. The van der Waals surface area contributed by atoms with Crippen molar-refractivity contribution in [1.29, 1.82) is 0 Å². The molecule has 0 unspecified atom stereocenters. The van der Waals surface area contributed by atoms with Gasteiger partial charge in [-0.1, -0.05) is 12.8 Å². The molecule has 2 aromatic rings. The Morgan fingerprint density at radius 1 is 1.02 bits per heavy atom. The van der Waals surface area contributed by atoms with Crippen LogP contribution < -0.4 is 24.3 Å². The van der Waals surface area contributed by atoms with Gasteiger partial charge < -0.3 is 44.5 Å². The van der Waals surface area contributed by atoms with Crippen molar-refractivity contribution < 1.29 is 43.9 Å². The van der Waals surface area contributed by atoms with Gasteiger partial charge in [-0.2, -0.15) is 0 Å². The Hall–Kier alpha value is -3.80. The van der Waals surface area contributed by atoms with E-state index in [0.29, 0.717) is 46.1 Å². The highest BCUT2D eigenvalue weighted by atomic mass is 16.5. The maximum atomic E-state index is 14.1. The molecular formula is C33H42N2O9. The van der Waals surface area contributed by atoms with E-state index in [0.717, 1.165) is 31.2 Å². The molecule has 2 aromatic carbocycles. The normalized spacial score (nSPS) is 22.4. The highest BCUT2D eigenvalue weighted by molar-refractivity contribution is 5.96. The quantitative estimate of drug-likeness (QED) is 0.284. The third-order valence-corrected chi connectivity index (χ3v) is 8.95. The largest absolute Gasteiger partial charge is 0.497 e. The SMILES string of the molecule is COc1ccc(OC)c(CCN(C(=O)C2CCCC2)[C@@H]2C=C(C(=O)NCCO)[C@@H]3c4cc(CO)cc(OC)c4O[C@@H]3[C@H]2O)c1. The standard InChI is InChI=1S/C33H42N2O9/c1-41-22-8-9-26(42-2)21(16-22)10-12-35(33(40)20-6-4-5-7-20)25-17-24(32(39)34-11-13-36)28-23-14-19(18-37)15-27(43-3)30(23)44-31(28)29(25)38/h8-9,14-17,20,25,28-29,31,36-38H,4-7,10-13,18H2,1-3H3,(H,34,39)/t25-,28+,29+,31+/m1/s1. The second-order valence-electron chi connectivity index (χ2n) is 11.5. The topological polar surface area (TPSA) is 147 Å². The van der Waals surface area contributed by atoms with Crippen molar-refractivity contribution >= 4 is 11.8 Å². The fourth-order valence-electron chi connectivity index (χ4n) is 6.75. The van der Waals surface area contributed by atoms with E-state index < -0.39 is 30.1 Å². The van der Waals surface area contributed by atoms with E-state index >= 15 is 0 Å². The van der Waals surface area contributed by atoms with E-state index in [1.807, 2.05) is 12.1 Å². The number of aliphatic hydroxyl groups excluding tert-OH is 3. The summed E-state index contributed by atoms with van der Waals surface area (Å²) in [7, 11) is 4.66. The van der Waals surface area contributed by atoms with Crippen LogP contribution in [0.1, 0.15) is 48.3 Å². The van der Waals surface area contributed by atoms with Gasteiger partial charge in [0.15, 0.2) is 11.5 Å². The molecule has 1 fully saturated rings. The lowest BCUT2D eigenvalue weighted by Crippen LogP contribution is -2.57. The van der Waals surface area contributed by atoms with Gasteiger partial charge in [-0.15, -0.1) is 0 Å². The molecule has 238 valence electrons. The summed E-state index contributed by atoms with van der Waals surface area (Å²) in [5.74, 6) is 0.708. The van der Waals surface area contributed by atoms with Crippen molar-refractivity contribution in [3.63, 3.8) is 0 Å². The minimum Gasteiger partial charge on any atom is -0.497 e. The zero-order valence-electron chi connectivity index (χ0n) is 25.5. The van der Waals surface area contributed by atoms with Crippen LogP contribution in [0.25, 0.3) is 0 Å². The highest BCUT2D eigenvalue weighted by Crippen LogP contribution is 2.51. The highest BCUT2D eigenvalue weighted by Gasteiger charge is 2.51. The van der Waals surface area contributed by atoms with Crippen LogP contribution in [0.4, 0.5) is 0 Å². The van der Waals surface area contributed by atoms with Crippen molar-refractivity contribution in [2.75, 3.05) is 41.0 Å². The van der Waals surface area contributed by atoms with Crippen LogP contribution in [-0.2, 0) is 22.6 Å². The molecule has 0 saturated heterocycles. The molecule has 0 aromatic heterocycles. The average Bonchev–Trinajstić information content (AvgIpc) is 3.73. The summed E-state index contributed by atoms with van der Waals surface area (Å²) < 4.78 is 22.9. The van der Waals surface area contributed by atoms with Crippen molar-refractivity contribution in [2.45, 2.75) is 62.9 Å². The van der Waals surface area contributed by atoms with Crippen LogP contribution in [0.5, 0.6) is 23.0 Å². The number of nitrogens with zero attached hydrogens (tertiary/aromatic N) is 1. The van der Waals surface area contributed by atoms with E-state index in [9.17, 15) is 24.9 Å². The number of hydrogen-bond donors (Lipinski definition) is 4. The van der Waals surface area contributed by atoms with Crippen molar-refractivity contribution in [2.24, 2.45) is 5.92 Å². The smallest absolute Gasteiger partial charge is 0.247 e. The van der Waals surface area contributed by atoms with Crippen LogP contribution in [0.3, 0.4) is 0 Å². The number of carbonyl (C=O) groups excluding carboxylic acids is 2. The van der Waals surface area contributed by atoms with Gasteiger partial charge in [0.25, 0.3) is 0 Å².